The molecular weight excluding hydrogens is 310 g/mol. The van der Waals surface area contributed by atoms with Crippen LogP contribution in [0.1, 0.15) is 58.1 Å². The summed E-state index contributed by atoms with van der Waals surface area (Å²) >= 11 is 0. The van der Waals surface area contributed by atoms with Crippen molar-refractivity contribution in [1.82, 2.24) is 4.90 Å². The number of hydrogen-bond acceptors (Lipinski definition) is 4. The maximum Gasteiger partial charge on any atom is 0.146 e. The van der Waals surface area contributed by atoms with E-state index in [0.29, 0.717) is 5.75 Å². The first kappa shape index (κ1) is 18.2. The van der Waals surface area contributed by atoms with Crippen LogP contribution in [0.4, 0.5) is 11.4 Å². The SMILES string of the molecule is CN(C)CCC=Nc1cc2c3c(c1O)C(C)(C)CCN3CCC2(C)C. The van der Waals surface area contributed by atoms with E-state index in [1.54, 1.807) is 0 Å². The van der Waals surface area contributed by atoms with E-state index in [1.165, 1.54) is 11.3 Å². The first-order chi connectivity index (χ1) is 11.6. The van der Waals surface area contributed by atoms with Gasteiger partial charge in [-0.2, -0.15) is 0 Å². The Labute approximate surface area is 152 Å². The molecule has 2 aliphatic heterocycles. The molecule has 1 N–H and O–H groups in total. The summed E-state index contributed by atoms with van der Waals surface area (Å²) in [6.07, 6.45) is 5.05. The van der Waals surface area contributed by atoms with Crippen molar-refractivity contribution in [2.45, 2.75) is 57.8 Å². The first-order valence-electron chi connectivity index (χ1n) is 9.46. The minimum Gasteiger partial charge on any atom is -0.505 e. The van der Waals surface area contributed by atoms with Gasteiger partial charge in [0.2, 0.25) is 0 Å². The van der Waals surface area contributed by atoms with E-state index in [2.05, 4.69) is 62.6 Å². The second-order valence-corrected chi connectivity index (χ2v) is 9.17. The fourth-order valence-electron chi connectivity index (χ4n) is 4.13. The zero-order valence-corrected chi connectivity index (χ0v) is 16.7. The average Bonchev–Trinajstić information content (AvgIpc) is 2.50. The van der Waals surface area contributed by atoms with E-state index in [-0.39, 0.29) is 10.8 Å². The van der Waals surface area contributed by atoms with Gasteiger partial charge in [0.25, 0.3) is 0 Å². The Bertz CT molecular complexity index is 687. The van der Waals surface area contributed by atoms with Crippen LogP contribution in [-0.2, 0) is 10.8 Å². The number of phenolic OH excluding ortho intramolecular Hbond substituents is 1. The van der Waals surface area contributed by atoms with Crippen molar-refractivity contribution in [2.24, 2.45) is 4.99 Å². The molecule has 0 saturated heterocycles. The summed E-state index contributed by atoms with van der Waals surface area (Å²) in [5, 5.41) is 11.1. The van der Waals surface area contributed by atoms with Gasteiger partial charge in [-0.1, -0.05) is 27.7 Å². The molecule has 1 aromatic rings. The fraction of sp³-hybridized carbons (Fsp3) is 0.667. The van der Waals surface area contributed by atoms with Crippen LogP contribution in [0.5, 0.6) is 5.75 Å². The Kier molecular flexibility index (Phi) is 4.61. The van der Waals surface area contributed by atoms with Gasteiger partial charge in [0.05, 0.1) is 0 Å². The van der Waals surface area contributed by atoms with E-state index in [9.17, 15) is 5.11 Å². The second-order valence-electron chi connectivity index (χ2n) is 9.17. The third-order valence-electron chi connectivity index (χ3n) is 5.92. The quantitative estimate of drug-likeness (QED) is 0.832. The summed E-state index contributed by atoms with van der Waals surface area (Å²) in [5.74, 6) is 0.382. The molecule has 0 bridgehead atoms. The predicted octanol–water partition coefficient (Wildman–Crippen LogP) is 4.22. The van der Waals surface area contributed by atoms with Crippen LogP contribution in [0.2, 0.25) is 0 Å². The van der Waals surface area contributed by atoms with Gasteiger partial charge in [-0.3, -0.25) is 4.99 Å². The van der Waals surface area contributed by atoms with Crippen molar-refractivity contribution < 1.29 is 5.11 Å². The highest BCUT2D eigenvalue weighted by molar-refractivity contribution is 5.79. The molecule has 0 fully saturated rings. The molecule has 0 spiro atoms. The third-order valence-corrected chi connectivity index (χ3v) is 5.92. The van der Waals surface area contributed by atoms with E-state index in [4.69, 9.17) is 0 Å². The van der Waals surface area contributed by atoms with Gasteiger partial charge in [-0.15, -0.1) is 0 Å². The third kappa shape index (κ3) is 3.29. The summed E-state index contributed by atoms with van der Waals surface area (Å²) in [4.78, 5) is 9.27. The molecule has 0 aliphatic carbocycles. The smallest absolute Gasteiger partial charge is 0.146 e. The summed E-state index contributed by atoms with van der Waals surface area (Å²) < 4.78 is 0. The minimum atomic E-state index is -0.0206. The van der Waals surface area contributed by atoms with Crippen molar-refractivity contribution in [3.8, 4) is 5.75 Å². The number of hydrogen-bond donors (Lipinski definition) is 1. The highest BCUT2D eigenvalue weighted by atomic mass is 16.3. The maximum absolute atomic E-state index is 11.1. The molecule has 0 atom stereocenters. The monoisotopic (exact) mass is 343 g/mol. The standard InChI is InChI=1S/C21H33N3O/c1-20(2)8-12-24-13-9-21(3,4)17-18(24)15(20)14-16(19(17)25)22-10-7-11-23(5)6/h10,14,25H,7-9,11-13H2,1-6H3. The van der Waals surface area contributed by atoms with Crippen molar-refractivity contribution >= 4 is 17.6 Å². The normalized spacial score (nSPS) is 21.0. The lowest BCUT2D eigenvalue weighted by Crippen LogP contribution is -2.44. The Hall–Kier alpha value is -1.55. The molecule has 0 unspecified atom stereocenters. The molecule has 2 aliphatic rings. The van der Waals surface area contributed by atoms with Crippen molar-refractivity contribution in [2.75, 3.05) is 38.6 Å². The molecule has 0 radical (unpaired) electrons. The fourth-order valence-corrected chi connectivity index (χ4v) is 4.13. The first-order valence-corrected chi connectivity index (χ1v) is 9.46. The molecule has 0 aromatic heterocycles. The number of rotatable bonds is 4. The van der Waals surface area contributed by atoms with E-state index >= 15 is 0 Å². The topological polar surface area (TPSA) is 39.1 Å². The van der Waals surface area contributed by atoms with Crippen LogP contribution < -0.4 is 4.90 Å². The minimum absolute atomic E-state index is 0.0206. The van der Waals surface area contributed by atoms with Gasteiger partial charge in [-0.25, -0.2) is 0 Å². The summed E-state index contributed by atoms with van der Waals surface area (Å²) in [7, 11) is 4.13. The lowest BCUT2D eigenvalue weighted by Gasteiger charge is -2.48. The van der Waals surface area contributed by atoms with Crippen molar-refractivity contribution in [3.63, 3.8) is 0 Å². The highest BCUT2D eigenvalue weighted by Gasteiger charge is 2.42. The predicted molar refractivity (Wildman–Crippen MR) is 107 cm³/mol. The summed E-state index contributed by atoms with van der Waals surface area (Å²) in [5.41, 5.74) is 4.56. The maximum atomic E-state index is 11.1. The molecule has 0 saturated carbocycles. The number of phenols is 1. The highest BCUT2D eigenvalue weighted by Crippen LogP contribution is 2.54. The van der Waals surface area contributed by atoms with Gasteiger partial charge in [0.15, 0.2) is 0 Å². The lowest BCUT2D eigenvalue weighted by atomic mass is 9.69. The summed E-state index contributed by atoms with van der Waals surface area (Å²) in [6.45, 7) is 12.3. The van der Waals surface area contributed by atoms with Gasteiger partial charge in [0.1, 0.15) is 11.4 Å². The summed E-state index contributed by atoms with van der Waals surface area (Å²) in [6, 6.07) is 2.13. The van der Waals surface area contributed by atoms with Gasteiger partial charge in [-0.05, 0) is 55.8 Å². The number of aliphatic imine (C=N–C) groups is 1. The molecule has 25 heavy (non-hydrogen) atoms. The largest absolute Gasteiger partial charge is 0.505 e. The van der Waals surface area contributed by atoms with Crippen LogP contribution in [0.3, 0.4) is 0 Å². The zero-order chi connectivity index (χ0) is 18.4. The van der Waals surface area contributed by atoms with Gasteiger partial charge >= 0.3 is 0 Å². The van der Waals surface area contributed by atoms with Crippen LogP contribution in [0, 0.1) is 0 Å². The van der Waals surface area contributed by atoms with Crippen molar-refractivity contribution in [3.05, 3.63) is 17.2 Å². The van der Waals surface area contributed by atoms with E-state index < -0.39 is 0 Å². The molecule has 4 nitrogen and oxygen atoms in total. The molecule has 138 valence electrons. The zero-order valence-electron chi connectivity index (χ0n) is 16.7. The number of nitrogens with zero attached hydrogens (tertiary/aromatic N) is 3. The molecule has 0 amide bonds. The van der Waals surface area contributed by atoms with Crippen LogP contribution in [0.15, 0.2) is 11.1 Å². The second kappa shape index (κ2) is 6.31. The van der Waals surface area contributed by atoms with Crippen LogP contribution in [-0.4, -0.2) is 50.0 Å². The van der Waals surface area contributed by atoms with E-state index in [0.717, 1.165) is 50.1 Å². The molecular formula is C21H33N3O. The number of aromatic hydroxyl groups is 1. The number of anilines is 1. The Balaban J connectivity index is 2.11. The molecule has 1 aromatic carbocycles. The average molecular weight is 344 g/mol. The Morgan fingerprint density at radius 3 is 2.44 bits per heavy atom. The Morgan fingerprint density at radius 2 is 1.80 bits per heavy atom. The Morgan fingerprint density at radius 1 is 1.16 bits per heavy atom. The van der Waals surface area contributed by atoms with Crippen molar-refractivity contribution in [1.29, 1.82) is 0 Å². The van der Waals surface area contributed by atoms with Crippen LogP contribution >= 0.6 is 0 Å². The van der Waals surface area contributed by atoms with Crippen LogP contribution in [0.25, 0.3) is 0 Å². The molecule has 3 rings (SSSR count). The van der Waals surface area contributed by atoms with Gasteiger partial charge < -0.3 is 14.9 Å². The van der Waals surface area contributed by atoms with Gasteiger partial charge in [0, 0.05) is 37.1 Å². The number of benzene rings is 1. The molecule has 4 heteroatoms. The lowest BCUT2D eigenvalue weighted by molar-refractivity contribution is 0.379. The molecule has 2 heterocycles. The van der Waals surface area contributed by atoms with E-state index in [1.807, 2.05) is 6.21 Å².